The van der Waals surface area contributed by atoms with E-state index in [2.05, 4.69) is 27.9 Å². The number of hydrogen-bond donors (Lipinski definition) is 3. The number of aliphatic imine (C=N–C) groups is 1. The number of guanidine groups is 1. The molecule has 0 aromatic carbocycles. The molecule has 2 bridgehead atoms. The van der Waals surface area contributed by atoms with Crippen LogP contribution in [-0.4, -0.2) is 49.8 Å². The number of carbonyl (C=O) groups is 1. The highest BCUT2D eigenvalue weighted by Crippen LogP contribution is 2.34. The van der Waals surface area contributed by atoms with Crippen LogP contribution in [-0.2, 0) is 9.53 Å². The topological polar surface area (TPSA) is 74.8 Å². The summed E-state index contributed by atoms with van der Waals surface area (Å²) in [7, 11) is 0. The Morgan fingerprint density at radius 1 is 1.32 bits per heavy atom. The van der Waals surface area contributed by atoms with Crippen LogP contribution in [0, 0.1) is 5.92 Å². The van der Waals surface area contributed by atoms with E-state index in [-0.39, 0.29) is 35.8 Å². The van der Waals surface area contributed by atoms with Crippen LogP contribution in [0.25, 0.3) is 0 Å². The zero-order chi connectivity index (χ0) is 15.2. The molecule has 6 nitrogen and oxygen atoms in total. The van der Waals surface area contributed by atoms with Gasteiger partial charge in [-0.2, -0.15) is 0 Å². The zero-order valence-corrected chi connectivity index (χ0v) is 16.1. The summed E-state index contributed by atoms with van der Waals surface area (Å²) in [5.41, 5.74) is 0. The predicted molar refractivity (Wildman–Crippen MR) is 98.7 cm³/mol. The number of fused-ring (bicyclic) bond motifs is 2. The fraction of sp³-hybridized carbons (Fsp3) is 0.867. The van der Waals surface area contributed by atoms with Crippen molar-refractivity contribution in [3.05, 3.63) is 0 Å². The van der Waals surface area contributed by atoms with Crippen LogP contribution in [0.4, 0.5) is 0 Å². The van der Waals surface area contributed by atoms with Gasteiger partial charge in [0.15, 0.2) is 5.96 Å². The van der Waals surface area contributed by atoms with Gasteiger partial charge in [-0.25, -0.2) is 0 Å². The van der Waals surface area contributed by atoms with Crippen LogP contribution in [0.5, 0.6) is 0 Å². The third-order valence-electron chi connectivity index (χ3n) is 3.98. The first-order valence-electron chi connectivity index (χ1n) is 8.08. The lowest BCUT2D eigenvalue weighted by Crippen LogP contribution is -2.47. The molecule has 22 heavy (non-hydrogen) atoms. The van der Waals surface area contributed by atoms with Crippen molar-refractivity contribution in [2.45, 2.75) is 58.3 Å². The lowest BCUT2D eigenvalue weighted by molar-refractivity contribution is -0.123. The van der Waals surface area contributed by atoms with E-state index in [9.17, 15) is 4.79 Å². The standard InChI is InChI=1S/C15H28N4O2.HI/c1-4-16-15(18-8-7-17-14(20)10(2)3)19-12-9-11-5-6-13(12)21-11;/h10-13H,4-9H2,1-3H3,(H,17,20)(H2,16,18,19);1H. The largest absolute Gasteiger partial charge is 0.373 e. The van der Waals surface area contributed by atoms with Gasteiger partial charge < -0.3 is 20.7 Å². The Morgan fingerprint density at radius 2 is 2.09 bits per heavy atom. The molecule has 0 spiro atoms. The fourth-order valence-electron chi connectivity index (χ4n) is 2.84. The molecule has 3 unspecified atom stereocenters. The van der Waals surface area contributed by atoms with Crippen molar-refractivity contribution in [3.63, 3.8) is 0 Å². The predicted octanol–water partition coefficient (Wildman–Crippen LogP) is 1.25. The molecule has 0 aromatic rings. The number of rotatable bonds is 6. The number of halogens is 1. The summed E-state index contributed by atoms with van der Waals surface area (Å²) in [6.07, 6.45) is 4.17. The van der Waals surface area contributed by atoms with E-state index in [0.29, 0.717) is 31.3 Å². The van der Waals surface area contributed by atoms with E-state index in [1.165, 1.54) is 6.42 Å². The molecule has 2 fully saturated rings. The average Bonchev–Trinajstić information content (AvgIpc) is 3.05. The Morgan fingerprint density at radius 3 is 2.64 bits per heavy atom. The second-order valence-corrected chi connectivity index (χ2v) is 6.07. The third-order valence-corrected chi connectivity index (χ3v) is 3.98. The van der Waals surface area contributed by atoms with Crippen molar-refractivity contribution < 1.29 is 9.53 Å². The van der Waals surface area contributed by atoms with Crippen molar-refractivity contribution in [1.82, 2.24) is 16.0 Å². The van der Waals surface area contributed by atoms with Gasteiger partial charge >= 0.3 is 0 Å². The molecule has 0 radical (unpaired) electrons. The van der Waals surface area contributed by atoms with Gasteiger partial charge in [0.2, 0.25) is 5.91 Å². The maximum Gasteiger partial charge on any atom is 0.222 e. The van der Waals surface area contributed by atoms with E-state index < -0.39 is 0 Å². The lowest BCUT2D eigenvalue weighted by Gasteiger charge is -2.22. The molecular weight excluding hydrogens is 395 g/mol. The molecule has 3 N–H and O–H groups in total. The summed E-state index contributed by atoms with van der Waals surface area (Å²) in [6, 6.07) is 0.367. The van der Waals surface area contributed by atoms with Crippen molar-refractivity contribution in [3.8, 4) is 0 Å². The number of nitrogens with one attached hydrogen (secondary N) is 3. The van der Waals surface area contributed by atoms with Gasteiger partial charge in [-0.1, -0.05) is 13.8 Å². The number of hydrogen-bond acceptors (Lipinski definition) is 3. The third kappa shape index (κ3) is 5.57. The minimum atomic E-state index is 0. The molecule has 0 aliphatic carbocycles. The number of ether oxygens (including phenoxy) is 1. The van der Waals surface area contributed by atoms with Crippen LogP contribution < -0.4 is 16.0 Å². The minimum Gasteiger partial charge on any atom is -0.373 e. The first-order chi connectivity index (χ1) is 10.1. The first-order valence-corrected chi connectivity index (χ1v) is 8.08. The smallest absolute Gasteiger partial charge is 0.222 e. The molecule has 1 amide bonds. The van der Waals surface area contributed by atoms with E-state index >= 15 is 0 Å². The summed E-state index contributed by atoms with van der Waals surface area (Å²) < 4.78 is 5.85. The molecule has 128 valence electrons. The molecule has 0 saturated carbocycles. The summed E-state index contributed by atoms with van der Waals surface area (Å²) in [5, 5.41) is 9.58. The Balaban J connectivity index is 0.00000242. The van der Waals surface area contributed by atoms with Crippen molar-refractivity contribution >= 4 is 35.8 Å². The van der Waals surface area contributed by atoms with Gasteiger partial charge in [-0.15, -0.1) is 24.0 Å². The maximum absolute atomic E-state index is 11.5. The van der Waals surface area contributed by atoms with Crippen LogP contribution in [0.2, 0.25) is 0 Å². The van der Waals surface area contributed by atoms with Crippen LogP contribution in [0.3, 0.4) is 0 Å². The number of amides is 1. The summed E-state index contributed by atoms with van der Waals surface area (Å²) in [5.74, 6) is 0.911. The van der Waals surface area contributed by atoms with E-state index in [0.717, 1.165) is 25.3 Å². The highest BCUT2D eigenvalue weighted by atomic mass is 127. The number of nitrogens with zero attached hydrogens (tertiary/aromatic N) is 1. The van der Waals surface area contributed by atoms with Crippen molar-refractivity contribution in [2.75, 3.05) is 19.6 Å². The van der Waals surface area contributed by atoms with Gasteiger partial charge in [0, 0.05) is 19.0 Å². The number of carbonyl (C=O) groups excluding carboxylic acids is 1. The van der Waals surface area contributed by atoms with Crippen LogP contribution in [0.15, 0.2) is 4.99 Å². The highest BCUT2D eigenvalue weighted by Gasteiger charge is 2.41. The van der Waals surface area contributed by atoms with E-state index in [1.807, 2.05) is 13.8 Å². The summed E-state index contributed by atoms with van der Waals surface area (Å²) in [4.78, 5) is 16.0. The molecule has 0 aromatic heterocycles. The lowest BCUT2D eigenvalue weighted by atomic mass is 9.96. The Hall–Kier alpha value is -0.570. The highest BCUT2D eigenvalue weighted by molar-refractivity contribution is 14.0. The monoisotopic (exact) mass is 424 g/mol. The summed E-state index contributed by atoms with van der Waals surface area (Å²) in [6.45, 7) is 7.80. The van der Waals surface area contributed by atoms with Gasteiger partial charge in [0.05, 0.1) is 24.8 Å². The van der Waals surface area contributed by atoms with Crippen molar-refractivity contribution in [2.24, 2.45) is 10.9 Å². The molecule has 2 heterocycles. The summed E-state index contributed by atoms with van der Waals surface area (Å²) >= 11 is 0. The van der Waals surface area contributed by atoms with Gasteiger partial charge in [-0.3, -0.25) is 9.79 Å². The van der Waals surface area contributed by atoms with Crippen LogP contribution in [0.1, 0.15) is 40.0 Å². The van der Waals surface area contributed by atoms with Gasteiger partial charge in [0.1, 0.15) is 0 Å². The first kappa shape index (κ1) is 19.5. The Bertz CT molecular complexity index is 390. The quantitative estimate of drug-likeness (QED) is 0.260. The van der Waals surface area contributed by atoms with Gasteiger partial charge in [0.25, 0.3) is 0 Å². The van der Waals surface area contributed by atoms with Gasteiger partial charge in [-0.05, 0) is 26.2 Å². The molecule has 2 saturated heterocycles. The second-order valence-electron chi connectivity index (χ2n) is 6.07. The SMILES string of the molecule is CCNC(=NCCNC(=O)C(C)C)NC1CC2CCC1O2.I. The van der Waals surface area contributed by atoms with E-state index in [1.54, 1.807) is 0 Å². The minimum absolute atomic E-state index is 0. The Kier molecular flexibility index (Phi) is 8.45. The molecule has 2 aliphatic heterocycles. The van der Waals surface area contributed by atoms with Crippen LogP contribution >= 0.6 is 24.0 Å². The maximum atomic E-state index is 11.5. The molecule has 2 aliphatic rings. The molecule has 7 heteroatoms. The van der Waals surface area contributed by atoms with E-state index in [4.69, 9.17) is 4.74 Å². The van der Waals surface area contributed by atoms with Crippen molar-refractivity contribution in [1.29, 1.82) is 0 Å². The normalized spacial score (nSPS) is 26.7. The molecule has 3 atom stereocenters. The average molecular weight is 424 g/mol. The second kappa shape index (κ2) is 9.54. The Labute approximate surface area is 150 Å². The fourth-order valence-corrected chi connectivity index (χ4v) is 2.84. The zero-order valence-electron chi connectivity index (χ0n) is 13.7. The molecular formula is C15H29IN4O2. The molecule has 2 rings (SSSR count).